The van der Waals surface area contributed by atoms with E-state index >= 15 is 0 Å². The zero-order chi connectivity index (χ0) is 21.3. The first-order valence-corrected chi connectivity index (χ1v) is 11.5. The minimum Gasteiger partial charge on any atom is -0.288 e. The Balaban J connectivity index is 1.77. The molecule has 0 N–H and O–H groups in total. The van der Waals surface area contributed by atoms with Gasteiger partial charge in [-0.3, -0.25) is 4.84 Å². The average Bonchev–Trinajstić information content (AvgIpc) is 2.74. The zero-order valence-corrected chi connectivity index (χ0v) is 18.3. The van der Waals surface area contributed by atoms with Gasteiger partial charge in [0, 0.05) is 18.6 Å². The van der Waals surface area contributed by atoms with Gasteiger partial charge in [0.15, 0.2) is 0 Å². The Kier molecular flexibility index (Phi) is 5.95. The van der Waals surface area contributed by atoms with E-state index in [1.54, 1.807) is 36.4 Å². The smallest absolute Gasteiger partial charge is 0.244 e. The second-order valence-electron chi connectivity index (χ2n) is 7.36. The number of rotatable bonds is 4. The molecule has 1 aliphatic heterocycles. The molecular formula is C23H23ClN2O3S. The Morgan fingerprint density at radius 2 is 1.53 bits per heavy atom. The van der Waals surface area contributed by atoms with Gasteiger partial charge in [-0.1, -0.05) is 71.8 Å². The van der Waals surface area contributed by atoms with Gasteiger partial charge in [-0.25, -0.2) is 8.42 Å². The van der Waals surface area contributed by atoms with Crippen LogP contribution in [0.2, 0.25) is 5.02 Å². The van der Waals surface area contributed by atoms with Crippen molar-refractivity contribution in [1.82, 2.24) is 9.37 Å². The van der Waals surface area contributed by atoms with Crippen LogP contribution in [0.15, 0.2) is 83.8 Å². The molecule has 0 aliphatic carbocycles. The van der Waals surface area contributed by atoms with Crippen LogP contribution in [0.5, 0.6) is 0 Å². The molecular weight excluding hydrogens is 420 g/mol. The maximum absolute atomic E-state index is 13.7. The van der Waals surface area contributed by atoms with Gasteiger partial charge in [-0.2, -0.15) is 9.37 Å². The number of hydroxylamine groups is 2. The van der Waals surface area contributed by atoms with E-state index in [2.05, 4.69) is 0 Å². The highest BCUT2D eigenvalue weighted by atomic mass is 35.5. The molecule has 0 spiro atoms. The first-order valence-electron chi connectivity index (χ1n) is 9.65. The molecule has 3 aromatic carbocycles. The summed E-state index contributed by atoms with van der Waals surface area (Å²) >= 11 is 6.02. The van der Waals surface area contributed by atoms with Crippen molar-refractivity contribution in [2.75, 3.05) is 13.6 Å². The van der Waals surface area contributed by atoms with E-state index in [-0.39, 0.29) is 11.4 Å². The molecule has 0 saturated carbocycles. The molecule has 5 nitrogen and oxygen atoms in total. The van der Waals surface area contributed by atoms with Gasteiger partial charge in [0.05, 0.1) is 4.90 Å². The van der Waals surface area contributed by atoms with Crippen molar-refractivity contribution in [3.05, 3.63) is 101 Å². The fraction of sp³-hybridized carbons (Fsp3) is 0.217. The van der Waals surface area contributed by atoms with Crippen LogP contribution in [0.25, 0.3) is 0 Å². The number of benzene rings is 3. The molecule has 0 bridgehead atoms. The SMILES string of the molecule is Cc1ccc(S(=O)(=O)N2C[C@H](c3ccc(Cl)cc3)ON(C)[C@@H]2c2ccccc2)cc1. The van der Waals surface area contributed by atoms with E-state index in [0.717, 1.165) is 16.7 Å². The predicted octanol–water partition coefficient (Wildman–Crippen LogP) is 4.96. The Bertz CT molecular complexity index is 1100. The molecule has 0 amide bonds. The summed E-state index contributed by atoms with van der Waals surface area (Å²) in [4.78, 5) is 6.41. The summed E-state index contributed by atoms with van der Waals surface area (Å²) in [6, 6.07) is 23.7. The van der Waals surface area contributed by atoms with Gasteiger partial charge >= 0.3 is 0 Å². The fourth-order valence-electron chi connectivity index (χ4n) is 3.66. The van der Waals surface area contributed by atoms with Crippen molar-refractivity contribution >= 4 is 21.6 Å². The molecule has 1 saturated heterocycles. The maximum Gasteiger partial charge on any atom is 0.244 e. The summed E-state index contributed by atoms with van der Waals surface area (Å²) in [5, 5.41) is 2.23. The first kappa shape index (κ1) is 21.0. The summed E-state index contributed by atoms with van der Waals surface area (Å²) in [7, 11) is -2.01. The number of sulfonamides is 1. The third kappa shape index (κ3) is 4.15. The van der Waals surface area contributed by atoms with Crippen molar-refractivity contribution in [1.29, 1.82) is 0 Å². The summed E-state index contributed by atoms with van der Waals surface area (Å²) < 4.78 is 28.9. The highest BCUT2D eigenvalue weighted by molar-refractivity contribution is 7.89. The van der Waals surface area contributed by atoms with E-state index in [1.165, 1.54) is 4.31 Å². The summed E-state index contributed by atoms with van der Waals surface area (Å²) in [5.74, 6) is 0. The normalized spacial score (nSPS) is 20.9. The Morgan fingerprint density at radius 1 is 0.900 bits per heavy atom. The lowest BCUT2D eigenvalue weighted by molar-refractivity contribution is -0.265. The van der Waals surface area contributed by atoms with Crippen LogP contribution < -0.4 is 0 Å². The quantitative estimate of drug-likeness (QED) is 0.573. The van der Waals surface area contributed by atoms with Gasteiger partial charge in [0.1, 0.15) is 12.3 Å². The lowest BCUT2D eigenvalue weighted by Crippen LogP contribution is -2.50. The predicted molar refractivity (Wildman–Crippen MR) is 117 cm³/mol. The maximum atomic E-state index is 13.7. The number of hydrogen-bond donors (Lipinski definition) is 0. The molecule has 1 heterocycles. The molecule has 0 unspecified atom stereocenters. The van der Waals surface area contributed by atoms with Gasteiger partial charge in [0.2, 0.25) is 10.0 Å². The number of hydrogen-bond acceptors (Lipinski definition) is 4. The highest BCUT2D eigenvalue weighted by Crippen LogP contribution is 2.38. The van der Waals surface area contributed by atoms with Crippen LogP contribution in [0.1, 0.15) is 29.0 Å². The fourth-order valence-corrected chi connectivity index (χ4v) is 5.38. The van der Waals surface area contributed by atoms with Crippen molar-refractivity contribution in [2.24, 2.45) is 0 Å². The first-order chi connectivity index (χ1) is 14.4. The minimum absolute atomic E-state index is 0.182. The summed E-state index contributed by atoms with van der Waals surface area (Å²) in [5.41, 5.74) is 2.71. The molecule has 4 rings (SSSR count). The van der Waals surface area contributed by atoms with Crippen LogP contribution >= 0.6 is 11.6 Å². The van der Waals surface area contributed by atoms with Crippen molar-refractivity contribution in [3.8, 4) is 0 Å². The Morgan fingerprint density at radius 3 is 2.17 bits per heavy atom. The van der Waals surface area contributed by atoms with Crippen LogP contribution in [-0.4, -0.2) is 31.4 Å². The van der Waals surface area contributed by atoms with E-state index in [1.807, 2.05) is 61.5 Å². The van der Waals surface area contributed by atoms with Crippen LogP contribution in [0.3, 0.4) is 0 Å². The number of aryl methyl sites for hydroxylation is 1. The van der Waals surface area contributed by atoms with Gasteiger partial charge in [-0.05, 0) is 42.3 Å². The molecule has 2 atom stereocenters. The third-order valence-electron chi connectivity index (χ3n) is 5.22. The number of halogens is 1. The second kappa shape index (κ2) is 8.49. The largest absolute Gasteiger partial charge is 0.288 e. The standard InChI is InChI=1S/C23H23ClN2O3S/c1-17-8-14-21(15-9-17)30(27,28)26-16-22(18-10-12-20(24)13-11-18)29-25(2)23(26)19-6-4-3-5-7-19/h3-15,22-23H,16H2,1-2H3/t22-,23+/m1/s1. The Labute approximate surface area is 182 Å². The van der Waals surface area contributed by atoms with Gasteiger partial charge < -0.3 is 0 Å². The van der Waals surface area contributed by atoms with Gasteiger partial charge in [0.25, 0.3) is 0 Å². The van der Waals surface area contributed by atoms with Crippen molar-refractivity contribution < 1.29 is 13.3 Å². The van der Waals surface area contributed by atoms with Crippen molar-refractivity contribution in [2.45, 2.75) is 24.1 Å². The molecule has 0 aromatic heterocycles. The molecule has 156 valence electrons. The summed E-state index contributed by atoms with van der Waals surface area (Å²) in [6.45, 7) is 2.12. The lowest BCUT2D eigenvalue weighted by atomic mass is 10.1. The molecule has 0 radical (unpaired) electrons. The Hall–Kier alpha value is -2.22. The molecule has 7 heteroatoms. The van der Waals surface area contributed by atoms with E-state index in [9.17, 15) is 8.42 Å². The van der Waals surface area contributed by atoms with Gasteiger partial charge in [-0.15, -0.1) is 0 Å². The second-order valence-corrected chi connectivity index (χ2v) is 9.69. The zero-order valence-electron chi connectivity index (χ0n) is 16.8. The van der Waals surface area contributed by atoms with Crippen molar-refractivity contribution in [3.63, 3.8) is 0 Å². The molecule has 3 aromatic rings. The van der Waals surface area contributed by atoms with E-state index in [0.29, 0.717) is 5.02 Å². The number of nitrogens with zero attached hydrogens (tertiary/aromatic N) is 2. The molecule has 30 heavy (non-hydrogen) atoms. The van der Waals surface area contributed by atoms with Crippen LogP contribution in [0, 0.1) is 6.92 Å². The van der Waals surface area contributed by atoms with Crippen LogP contribution in [0.4, 0.5) is 0 Å². The monoisotopic (exact) mass is 442 g/mol. The topological polar surface area (TPSA) is 49.9 Å². The van der Waals surface area contributed by atoms with E-state index < -0.39 is 22.3 Å². The molecule has 1 aliphatic rings. The minimum atomic E-state index is -3.77. The third-order valence-corrected chi connectivity index (χ3v) is 7.31. The van der Waals surface area contributed by atoms with E-state index in [4.69, 9.17) is 16.4 Å². The molecule has 1 fully saturated rings. The highest BCUT2D eigenvalue weighted by Gasteiger charge is 2.42. The average molecular weight is 443 g/mol. The lowest BCUT2D eigenvalue weighted by Gasteiger charge is -2.44. The van der Waals surface area contributed by atoms with Crippen LogP contribution in [-0.2, 0) is 14.9 Å². The summed E-state index contributed by atoms with van der Waals surface area (Å²) in [6.07, 6.45) is -1.03.